The zero-order valence-electron chi connectivity index (χ0n) is 18.0. The minimum Gasteiger partial charge on any atom is -0.466 e. The van der Waals surface area contributed by atoms with E-state index in [2.05, 4.69) is 11.5 Å². The lowest BCUT2D eigenvalue weighted by molar-refractivity contribution is 0.340. The van der Waals surface area contributed by atoms with Crippen LogP contribution in [0.3, 0.4) is 0 Å². The zero-order chi connectivity index (χ0) is 22.0. The smallest absolute Gasteiger partial charge is 0.331 e. The molecule has 0 spiro atoms. The molecule has 1 aliphatic rings. The summed E-state index contributed by atoms with van der Waals surface area (Å²) in [5.74, 6) is 1.44. The Bertz CT molecular complexity index is 1450. The van der Waals surface area contributed by atoms with Crippen LogP contribution in [0, 0.1) is 18.7 Å². The number of rotatable bonds is 2. The lowest BCUT2D eigenvalue weighted by Crippen LogP contribution is -2.37. The maximum Gasteiger partial charge on any atom is 0.331 e. The summed E-state index contributed by atoms with van der Waals surface area (Å²) in [4.78, 5) is 26.2. The first-order valence-electron chi connectivity index (χ1n) is 10.4. The third-order valence-electron chi connectivity index (χ3n) is 6.37. The molecule has 0 amide bonds. The van der Waals surface area contributed by atoms with Gasteiger partial charge in [-0.3, -0.25) is 13.9 Å². The van der Waals surface area contributed by atoms with Gasteiger partial charge in [0.2, 0.25) is 0 Å². The summed E-state index contributed by atoms with van der Waals surface area (Å²) in [7, 11) is 3.16. The molecular formula is C24H24FN3O3. The molecule has 0 saturated carbocycles. The number of hydrogen-bond donors (Lipinski definition) is 0. The number of halogens is 1. The van der Waals surface area contributed by atoms with E-state index < -0.39 is 0 Å². The maximum absolute atomic E-state index is 14.2. The van der Waals surface area contributed by atoms with Crippen molar-refractivity contribution in [3.8, 4) is 11.3 Å². The van der Waals surface area contributed by atoms with Crippen molar-refractivity contribution < 1.29 is 8.81 Å². The zero-order valence-corrected chi connectivity index (χ0v) is 18.0. The van der Waals surface area contributed by atoms with Gasteiger partial charge in [0.1, 0.15) is 17.3 Å². The topological polar surface area (TPSA) is 62.1 Å². The number of aromatic nitrogens is 3. The highest BCUT2D eigenvalue weighted by Gasteiger charge is 2.35. The van der Waals surface area contributed by atoms with Crippen LogP contribution in [-0.2, 0) is 20.6 Å². The number of benzene rings is 1. The first kappa shape index (κ1) is 19.6. The van der Waals surface area contributed by atoms with Gasteiger partial charge in [-0.2, -0.15) is 0 Å². The largest absolute Gasteiger partial charge is 0.466 e. The Balaban J connectivity index is 1.98. The summed E-state index contributed by atoms with van der Waals surface area (Å²) in [6, 6.07) is 10.2. The summed E-state index contributed by atoms with van der Waals surface area (Å²) in [6.07, 6.45) is 0.831. The molecule has 0 aliphatic carbocycles. The van der Waals surface area contributed by atoms with E-state index in [0.29, 0.717) is 34.6 Å². The Morgan fingerprint density at radius 2 is 1.87 bits per heavy atom. The molecule has 31 heavy (non-hydrogen) atoms. The summed E-state index contributed by atoms with van der Waals surface area (Å²) in [5.41, 5.74) is 1.99. The minimum atomic E-state index is -0.385. The first-order valence-corrected chi connectivity index (χ1v) is 10.4. The Hall–Kier alpha value is -3.35. The molecule has 0 saturated heterocycles. The average Bonchev–Trinajstić information content (AvgIpc) is 3.31. The molecule has 2 atom stereocenters. The average molecular weight is 421 g/mol. The molecule has 3 aromatic heterocycles. The lowest BCUT2D eigenvalue weighted by atomic mass is 9.87. The fourth-order valence-electron chi connectivity index (χ4n) is 5.01. The molecule has 0 unspecified atom stereocenters. The van der Waals surface area contributed by atoms with Crippen molar-refractivity contribution in [2.75, 3.05) is 0 Å². The van der Waals surface area contributed by atoms with Gasteiger partial charge in [-0.1, -0.05) is 19.1 Å². The highest BCUT2D eigenvalue weighted by Crippen LogP contribution is 2.44. The van der Waals surface area contributed by atoms with E-state index in [-0.39, 0.29) is 23.0 Å². The van der Waals surface area contributed by atoms with Crippen molar-refractivity contribution in [2.45, 2.75) is 32.7 Å². The molecule has 0 radical (unpaired) electrons. The molecule has 4 heterocycles. The van der Waals surface area contributed by atoms with E-state index in [4.69, 9.17) is 4.42 Å². The number of hydrogen-bond acceptors (Lipinski definition) is 3. The van der Waals surface area contributed by atoms with E-state index in [1.165, 1.54) is 23.7 Å². The Morgan fingerprint density at radius 3 is 2.55 bits per heavy atom. The molecule has 5 rings (SSSR count). The summed E-state index contributed by atoms with van der Waals surface area (Å²) >= 11 is 0. The molecule has 0 N–H and O–H groups in total. The van der Waals surface area contributed by atoms with E-state index >= 15 is 0 Å². The quantitative estimate of drug-likeness (QED) is 0.493. The van der Waals surface area contributed by atoms with Gasteiger partial charge in [0.25, 0.3) is 5.56 Å². The number of aryl methyl sites for hydroxylation is 2. The van der Waals surface area contributed by atoms with Crippen molar-refractivity contribution >= 4 is 10.9 Å². The van der Waals surface area contributed by atoms with Crippen molar-refractivity contribution in [2.24, 2.45) is 20.0 Å². The van der Waals surface area contributed by atoms with Gasteiger partial charge in [-0.25, -0.2) is 9.18 Å². The Morgan fingerprint density at radius 1 is 1.10 bits per heavy atom. The summed E-state index contributed by atoms with van der Waals surface area (Å²) in [5, 5.41) is 0.438. The first-order chi connectivity index (χ1) is 14.8. The predicted molar refractivity (Wildman–Crippen MR) is 117 cm³/mol. The van der Waals surface area contributed by atoms with Gasteiger partial charge in [0.15, 0.2) is 0 Å². The number of furan rings is 1. The van der Waals surface area contributed by atoms with Gasteiger partial charge >= 0.3 is 5.69 Å². The summed E-state index contributed by atoms with van der Waals surface area (Å²) < 4.78 is 24.9. The fourth-order valence-corrected chi connectivity index (χ4v) is 5.01. The van der Waals surface area contributed by atoms with Gasteiger partial charge in [-0.15, -0.1) is 0 Å². The number of nitrogens with zero attached hydrogens (tertiary/aromatic N) is 3. The van der Waals surface area contributed by atoms with Crippen LogP contribution in [0.4, 0.5) is 4.39 Å². The molecule has 6 nitrogen and oxygen atoms in total. The van der Waals surface area contributed by atoms with Crippen LogP contribution in [-0.4, -0.2) is 13.7 Å². The van der Waals surface area contributed by atoms with E-state index in [1.807, 2.05) is 19.1 Å². The second kappa shape index (κ2) is 6.83. The Labute approximate surface area is 178 Å². The highest BCUT2D eigenvalue weighted by atomic mass is 19.1. The van der Waals surface area contributed by atoms with Gasteiger partial charge in [0.05, 0.1) is 28.2 Å². The molecule has 160 valence electrons. The van der Waals surface area contributed by atoms with Crippen molar-refractivity contribution in [3.63, 3.8) is 0 Å². The van der Waals surface area contributed by atoms with Gasteiger partial charge in [0, 0.05) is 26.2 Å². The minimum absolute atomic E-state index is 0.111. The van der Waals surface area contributed by atoms with Gasteiger partial charge < -0.3 is 8.98 Å². The monoisotopic (exact) mass is 421 g/mol. The molecule has 0 fully saturated rings. The Kier molecular flexibility index (Phi) is 4.32. The van der Waals surface area contributed by atoms with Crippen LogP contribution >= 0.6 is 0 Å². The van der Waals surface area contributed by atoms with Crippen LogP contribution in [0.1, 0.15) is 36.5 Å². The fraction of sp³-hybridized carbons (Fsp3) is 0.333. The third-order valence-corrected chi connectivity index (χ3v) is 6.37. The van der Waals surface area contributed by atoms with Crippen molar-refractivity contribution in [1.82, 2.24) is 13.7 Å². The summed E-state index contributed by atoms with van der Waals surface area (Å²) in [6.45, 7) is 4.73. The van der Waals surface area contributed by atoms with E-state index in [1.54, 1.807) is 19.2 Å². The van der Waals surface area contributed by atoms with Crippen LogP contribution in [0.2, 0.25) is 0 Å². The highest BCUT2D eigenvalue weighted by molar-refractivity contribution is 5.96. The van der Waals surface area contributed by atoms with Gasteiger partial charge in [-0.05, 0) is 43.5 Å². The third kappa shape index (κ3) is 2.83. The predicted octanol–water partition coefficient (Wildman–Crippen LogP) is 3.92. The SMILES string of the molecule is Cc1ccc([C@@H]2C[C@@H](C)Cn3c(-c4cccc(F)c4)c4c(=O)n(C)c(=O)n(C)c4c32)o1. The van der Waals surface area contributed by atoms with E-state index in [9.17, 15) is 14.0 Å². The van der Waals surface area contributed by atoms with Crippen LogP contribution in [0.15, 0.2) is 50.4 Å². The molecule has 1 aliphatic heterocycles. The standard InChI is InChI=1S/C24H24FN3O3/c1-13-10-17(18-9-8-14(2)31-18)21-22-19(23(29)27(4)24(30)26(22)3)20(28(21)12-13)15-6-5-7-16(25)11-15/h5-9,11,13,17H,10,12H2,1-4H3/t13-,17+/m1/s1. The van der Waals surface area contributed by atoms with Crippen molar-refractivity contribution in [1.29, 1.82) is 0 Å². The maximum atomic E-state index is 14.2. The number of fused-ring (bicyclic) bond motifs is 3. The molecule has 1 aromatic carbocycles. The van der Waals surface area contributed by atoms with Crippen molar-refractivity contribution in [3.05, 3.63) is 80.3 Å². The normalized spacial score (nSPS) is 18.5. The van der Waals surface area contributed by atoms with Crippen LogP contribution < -0.4 is 11.2 Å². The van der Waals surface area contributed by atoms with Crippen LogP contribution in [0.5, 0.6) is 0 Å². The van der Waals surface area contributed by atoms with E-state index in [0.717, 1.165) is 28.2 Å². The lowest BCUT2D eigenvalue weighted by Gasteiger charge is -2.30. The van der Waals surface area contributed by atoms with Crippen LogP contribution in [0.25, 0.3) is 22.2 Å². The molecule has 4 aromatic rings. The second-order valence-electron chi connectivity index (χ2n) is 8.63. The molecule has 7 heteroatoms. The molecular weight excluding hydrogens is 397 g/mol. The molecule has 0 bridgehead atoms. The second-order valence-corrected chi connectivity index (χ2v) is 8.63.